The van der Waals surface area contributed by atoms with Gasteiger partial charge in [0.05, 0.1) is 4.34 Å². The number of benzene rings is 1. The third-order valence-electron chi connectivity index (χ3n) is 3.26. The third-order valence-corrected chi connectivity index (χ3v) is 5.36. The first-order chi connectivity index (χ1) is 10.6. The molecule has 1 aromatic heterocycles. The van der Waals surface area contributed by atoms with Gasteiger partial charge in [-0.1, -0.05) is 45.7 Å². The van der Waals surface area contributed by atoms with Crippen molar-refractivity contribution in [1.82, 2.24) is 5.32 Å². The molecule has 1 N–H and O–H groups in total. The van der Waals surface area contributed by atoms with Gasteiger partial charge in [-0.25, -0.2) is 0 Å². The van der Waals surface area contributed by atoms with Gasteiger partial charge in [0.1, 0.15) is 6.10 Å². The van der Waals surface area contributed by atoms with Crippen molar-refractivity contribution in [1.29, 1.82) is 0 Å². The van der Waals surface area contributed by atoms with Crippen LogP contribution in [0.4, 0.5) is 0 Å². The SMILES string of the molecule is COC(CNC(=O)CCc1ccccc1Br)c1ccc(Cl)s1. The van der Waals surface area contributed by atoms with Gasteiger partial charge in [0.25, 0.3) is 0 Å². The molecule has 0 bridgehead atoms. The minimum absolute atomic E-state index is 0.0143. The highest BCUT2D eigenvalue weighted by atomic mass is 79.9. The van der Waals surface area contributed by atoms with Crippen molar-refractivity contribution >= 4 is 44.8 Å². The van der Waals surface area contributed by atoms with Gasteiger partial charge >= 0.3 is 0 Å². The Morgan fingerprint density at radius 2 is 2.14 bits per heavy atom. The Bertz CT molecular complexity index is 632. The molecule has 1 aromatic carbocycles. The smallest absolute Gasteiger partial charge is 0.220 e. The van der Waals surface area contributed by atoms with E-state index < -0.39 is 0 Å². The van der Waals surface area contributed by atoms with Crippen LogP contribution in [0, 0.1) is 0 Å². The fraction of sp³-hybridized carbons (Fsp3) is 0.312. The lowest BCUT2D eigenvalue weighted by molar-refractivity contribution is -0.121. The molecule has 22 heavy (non-hydrogen) atoms. The zero-order chi connectivity index (χ0) is 15.9. The lowest BCUT2D eigenvalue weighted by Crippen LogP contribution is -2.29. The summed E-state index contributed by atoms with van der Waals surface area (Å²) < 4.78 is 7.16. The number of hydrogen-bond acceptors (Lipinski definition) is 3. The molecule has 0 radical (unpaired) electrons. The predicted octanol–water partition coefficient (Wildman–Crippen LogP) is 4.60. The largest absolute Gasteiger partial charge is 0.374 e. The zero-order valence-corrected chi connectivity index (χ0v) is 15.3. The van der Waals surface area contributed by atoms with Crippen LogP contribution in [-0.4, -0.2) is 19.6 Å². The topological polar surface area (TPSA) is 38.3 Å². The predicted molar refractivity (Wildman–Crippen MR) is 94.6 cm³/mol. The molecule has 0 spiro atoms. The van der Waals surface area contributed by atoms with Crippen molar-refractivity contribution < 1.29 is 9.53 Å². The Morgan fingerprint density at radius 3 is 2.77 bits per heavy atom. The summed E-state index contributed by atoms with van der Waals surface area (Å²) in [6, 6.07) is 11.7. The lowest BCUT2D eigenvalue weighted by atomic mass is 10.1. The molecular formula is C16H17BrClNO2S. The van der Waals surface area contributed by atoms with Crippen LogP contribution in [0.2, 0.25) is 4.34 Å². The molecule has 0 aliphatic rings. The van der Waals surface area contributed by atoms with Gasteiger partial charge in [0.2, 0.25) is 5.91 Å². The number of aryl methyl sites for hydroxylation is 1. The van der Waals surface area contributed by atoms with Crippen LogP contribution in [0.25, 0.3) is 0 Å². The second kappa shape index (κ2) is 8.67. The molecule has 0 saturated heterocycles. The van der Waals surface area contributed by atoms with Crippen molar-refractivity contribution in [3.05, 3.63) is 55.6 Å². The molecule has 0 aliphatic heterocycles. The molecule has 1 atom stereocenters. The Kier molecular flexibility index (Phi) is 6.89. The number of carbonyl (C=O) groups is 1. The second-order valence-electron chi connectivity index (χ2n) is 4.76. The van der Waals surface area contributed by atoms with E-state index in [1.807, 2.05) is 36.4 Å². The monoisotopic (exact) mass is 401 g/mol. The number of methoxy groups -OCH3 is 1. The number of carbonyl (C=O) groups excluding carboxylic acids is 1. The molecule has 0 saturated carbocycles. The summed E-state index contributed by atoms with van der Waals surface area (Å²) in [6.45, 7) is 0.447. The van der Waals surface area contributed by atoms with E-state index in [1.54, 1.807) is 7.11 Å². The molecule has 2 rings (SSSR count). The van der Waals surface area contributed by atoms with Gasteiger partial charge in [-0.3, -0.25) is 4.79 Å². The summed E-state index contributed by atoms with van der Waals surface area (Å²) in [6.07, 6.45) is 0.991. The number of nitrogens with one attached hydrogen (secondary N) is 1. The summed E-state index contributed by atoms with van der Waals surface area (Å²) in [5.41, 5.74) is 1.13. The first-order valence-electron chi connectivity index (χ1n) is 6.88. The number of rotatable bonds is 7. The first kappa shape index (κ1) is 17.5. The molecular weight excluding hydrogens is 386 g/mol. The van der Waals surface area contributed by atoms with Crippen LogP contribution in [0.1, 0.15) is 23.0 Å². The number of ether oxygens (including phenoxy) is 1. The number of hydrogen-bond donors (Lipinski definition) is 1. The Morgan fingerprint density at radius 1 is 1.36 bits per heavy atom. The van der Waals surface area contributed by atoms with Crippen LogP contribution in [-0.2, 0) is 16.0 Å². The van der Waals surface area contributed by atoms with Crippen molar-refractivity contribution in [2.75, 3.05) is 13.7 Å². The number of halogens is 2. The fourth-order valence-electron chi connectivity index (χ4n) is 2.05. The average Bonchev–Trinajstić information content (AvgIpc) is 2.93. The summed E-state index contributed by atoms with van der Waals surface area (Å²) in [5, 5.41) is 2.92. The van der Waals surface area contributed by atoms with Crippen molar-refractivity contribution in [2.45, 2.75) is 18.9 Å². The van der Waals surface area contributed by atoms with Crippen molar-refractivity contribution in [2.24, 2.45) is 0 Å². The normalized spacial score (nSPS) is 12.1. The lowest BCUT2D eigenvalue weighted by Gasteiger charge is -2.14. The van der Waals surface area contributed by atoms with Crippen LogP contribution in [0.3, 0.4) is 0 Å². The third kappa shape index (κ3) is 5.09. The van der Waals surface area contributed by atoms with E-state index in [1.165, 1.54) is 11.3 Å². The molecule has 0 aliphatic carbocycles. The standard InChI is InChI=1S/C16H17BrClNO2S/c1-21-13(14-7-8-15(18)22-14)10-19-16(20)9-6-11-4-2-3-5-12(11)17/h2-5,7-8,13H,6,9-10H2,1H3,(H,19,20). The maximum atomic E-state index is 12.0. The van der Waals surface area contributed by atoms with E-state index >= 15 is 0 Å². The number of thiophene rings is 1. The Hall–Kier alpha value is -0.880. The highest BCUT2D eigenvalue weighted by Gasteiger charge is 2.14. The molecule has 2 aromatic rings. The van der Waals surface area contributed by atoms with Crippen molar-refractivity contribution in [3.63, 3.8) is 0 Å². The quantitative estimate of drug-likeness (QED) is 0.735. The minimum atomic E-state index is -0.162. The van der Waals surface area contributed by atoms with Gasteiger partial charge in [-0.15, -0.1) is 11.3 Å². The Labute approximate surface area is 147 Å². The highest BCUT2D eigenvalue weighted by molar-refractivity contribution is 9.10. The maximum Gasteiger partial charge on any atom is 0.220 e. The molecule has 1 heterocycles. The minimum Gasteiger partial charge on any atom is -0.374 e. The molecule has 0 fully saturated rings. The summed E-state index contributed by atoms with van der Waals surface area (Å²) in [5.74, 6) is 0.0143. The van der Waals surface area contributed by atoms with Crippen LogP contribution >= 0.6 is 38.9 Å². The van der Waals surface area contributed by atoms with E-state index in [4.69, 9.17) is 16.3 Å². The molecule has 3 nitrogen and oxygen atoms in total. The highest BCUT2D eigenvalue weighted by Crippen LogP contribution is 2.28. The van der Waals surface area contributed by atoms with E-state index in [9.17, 15) is 4.79 Å². The number of amides is 1. The summed E-state index contributed by atoms with van der Waals surface area (Å²) in [4.78, 5) is 13.0. The van der Waals surface area contributed by atoms with Gasteiger partial charge < -0.3 is 10.1 Å². The fourth-order valence-corrected chi connectivity index (χ4v) is 3.67. The van der Waals surface area contributed by atoms with Crippen LogP contribution in [0.15, 0.2) is 40.9 Å². The van der Waals surface area contributed by atoms with E-state index in [2.05, 4.69) is 21.2 Å². The molecule has 1 unspecified atom stereocenters. The average molecular weight is 403 g/mol. The van der Waals surface area contributed by atoms with Gasteiger partial charge in [0, 0.05) is 29.4 Å². The first-order valence-corrected chi connectivity index (χ1v) is 8.87. The van der Waals surface area contributed by atoms with E-state index in [0.29, 0.717) is 19.4 Å². The second-order valence-corrected chi connectivity index (χ2v) is 7.36. The van der Waals surface area contributed by atoms with E-state index in [-0.39, 0.29) is 12.0 Å². The molecule has 6 heteroatoms. The van der Waals surface area contributed by atoms with Crippen LogP contribution < -0.4 is 5.32 Å². The van der Waals surface area contributed by atoms with Crippen molar-refractivity contribution in [3.8, 4) is 0 Å². The maximum absolute atomic E-state index is 12.0. The molecule has 1 amide bonds. The van der Waals surface area contributed by atoms with Gasteiger partial charge in [0.15, 0.2) is 0 Å². The van der Waals surface area contributed by atoms with Gasteiger partial charge in [-0.05, 0) is 30.2 Å². The summed E-state index contributed by atoms with van der Waals surface area (Å²) in [7, 11) is 1.63. The summed E-state index contributed by atoms with van der Waals surface area (Å²) >= 11 is 10.9. The Balaban J connectivity index is 1.81. The van der Waals surface area contributed by atoms with Crippen LogP contribution in [0.5, 0.6) is 0 Å². The molecule has 118 valence electrons. The van der Waals surface area contributed by atoms with E-state index in [0.717, 1.165) is 19.2 Å². The zero-order valence-electron chi connectivity index (χ0n) is 12.1. The van der Waals surface area contributed by atoms with Gasteiger partial charge in [-0.2, -0.15) is 0 Å².